The van der Waals surface area contributed by atoms with Crippen LogP contribution in [0.3, 0.4) is 0 Å². The van der Waals surface area contributed by atoms with Crippen LogP contribution in [0.5, 0.6) is 0 Å². The lowest BCUT2D eigenvalue weighted by atomic mass is 10.1. The molecule has 0 bridgehead atoms. The summed E-state index contributed by atoms with van der Waals surface area (Å²) in [5, 5.41) is 17.7. The lowest BCUT2D eigenvalue weighted by Gasteiger charge is -2.29. The highest BCUT2D eigenvalue weighted by molar-refractivity contribution is 5.78. The molecule has 0 atom stereocenters. The van der Waals surface area contributed by atoms with Gasteiger partial charge >= 0.3 is 0 Å². The summed E-state index contributed by atoms with van der Waals surface area (Å²) in [5.74, 6) is 0.113. The molecule has 0 radical (unpaired) electrons. The second kappa shape index (κ2) is 7.60. The molecular weight excluding hydrogens is 208 g/mol. The van der Waals surface area contributed by atoms with Gasteiger partial charge in [-0.2, -0.15) is 0 Å². The Balaban J connectivity index is 2.33. The van der Waals surface area contributed by atoms with Gasteiger partial charge in [-0.05, 0) is 19.3 Å². The van der Waals surface area contributed by atoms with Crippen LogP contribution in [0.2, 0.25) is 0 Å². The number of aliphatic hydroxyl groups is 2. The number of amides is 1. The van der Waals surface area contributed by atoms with Gasteiger partial charge in [0.05, 0.1) is 19.8 Å². The molecule has 1 aliphatic rings. The standard InChI is InChI=1S/C11H22N2O3/c14-8-6-12(7-9-15)10-11(16)13-4-2-1-3-5-13/h14-15H,1-10H2. The molecule has 5 heteroatoms. The zero-order chi connectivity index (χ0) is 11.8. The molecule has 94 valence electrons. The van der Waals surface area contributed by atoms with Crippen molar-refractivity contribution in [1.82, 2.24) is 9.80 Å². The fourth-order valence-corrected chi connectivity index (χ4v) is 1.99. The van der Waals surface area contributed by atoms with E-state index in [-0.39, 0.29) is 19.1 Å². The smallest absolute Gasteiger partial charge is 0.236 e. The van der Waals surface area contributed by atoms with Crippen LogP contribution in [-0.4, -0.2) is 71.9 Å². The Bertz CT molecular complexity index is 199. The Morgan fingerprint density at radius 3 is 2.12 bits per heavy atom. The fraction of sp³-hybridized carbons (Fsp3) is 0.909. The summed E-state index contributed by atoms with van der Waals surface area (Å²) in [4.78, 5) is 15.5. The Labute approximate surface area is 96.7 Å². The van der Waals surface area contributed by atoms with E-state index in [4.69, 9.17) is 10.2 Å². The van der Waals surface area contributed by atoms with E-state index < -0.39 is 0 Å². The van der Waals surface area contributed by atoms with Crippen molar-refractivity contribution >= 4 is 5.91 Å². The maximum absolute atomic E-state index is 11.9. The predicted molar refractivity (Wildman–Crippen MR) is 61.0 cm³/mol. The number of rotatable bonds is 6. The number of nitrogens with zero attached hydrogens (tertiary/aromatic N) is 2. The maximum Gasteiger partial charge on any atom is 0.236 e. The number of carbonyl (C=O) groups is 1. The van der Waals surface area contributed by atoms with E-state index in [1.165, 1.54) is 6.42 Å². The van der Waals surface area contributed by atoms with Crippen molar-refractivity contribution in [2.45, 2.75) is 19.3 Å². The maximum atomic E-state index is 11.9. The molecule has 1 rings (SSSR count). The van der Waals surface area contributed by atoms with Crippen molar-refractivity contribution in [2.75, 3.05) is 45.9 Å². The SMILES string of the molecule is O=C(CN(CCO)CCO)N1CCCCC1. The van der Waals surface area contributed by atoms with Crippen molar-refractivity contribution in [2.24, 2.45) is 0 Å². The number of likely N-dealkylation sites (tertiary alicyclic amines) is 1. The average molecular weight is 230 g/mol. The van der Waals surface area contributed by atoms with Crippen LogP contribution in [0.25, 0.3) is 0 Å². The quantitative estimate of drug-likeness (QED) is 0.632. The van der Waals surface area contributed by atoms with Crippen LogP contribution in [0.1, 0.15) is 19.3 Å². The largest absolute Gasteiger partial charge is 0.395 e. The normalized spacial score (nSPS) is 16.8. The third-order valence-electron chi connectivity index (χ3n) is 2.90. The molecule has 0 aromatic heterocycles. The van der Waals surface area contributed by atoms with E-state index in [1.807, 2.05) is 4.90 Å². The molecule has 5 nitrogen and oxygen atoms in total. The van der Waals surface area contributed by atoms with Gasteiger partial charge in [0, 0.05) is 26.2 Å². The first kappa shape index (κ1) is 13.4. The molecule has 0 aliphatic carbocycles. The molecule has 16 heavy (non-hydrogen) atoms. The van der Waals surface area contributed by atoms with Gasteiger partial charge < -0.3 is 15.1 Å². The molecule has 0 unspecified atom stereocenters. The van der Waals surface area contributed by atoms with Crippen molar-refractivity contribution in [3.05, 3.63) is 0 Å². The first-order chi connectivity index (χ1) is 7.77. The molecule has 0 aromatic rings. The van der Waals surface area contributed by atoms with Crippen LogP contribution in [0, 0.1) is 0 Å². The highest BCUT2D eigenvalue weighted by atomic mass is 16.3. The number of aliphatic hydroxyl groups excluding tert-OH is 2. The number of hydrogen-bond acceptors (Lipinski definition) is 4. The first-order valence-corrected chi connectivity index (χ1v) is 5.99. The fourth-order valence-electron chi connectivity index (χ4n) is 1.99. The Kier molecular flexibility index (Phi) is 6.37. The number of carbonyl (C=O) groups excluding carboxylic acids is 1. The van der Waals surface area contributed by atoms with Gasteiger partial charge in [0.1, 0.15) is 0 Å². The highest BCUT2D eigenvalue weighted by Crippen LogP contribution is 2.09. The first-order valence-electron chi connectivity index (χ1n) is 5.99. The van der Waals surface area contributed by atoms with Crippen LogP contribution in [0.15, 0.2) is 0 Å². The minimum atomic E-state index is 0.0211. The molecule has 1 saturated heterocycles. The Hall–Kier alpha value is -0.650. The summed E-state index contributed by atoms with van der Waals surface area (Å²) >= 11 is 0. The minimum Gasteiger partial charge on any atom is -0.395 e. The van der Waals surface area contributed by atoms with E-state index in [9.17, 15) is 4.79 Å². The molecule has 1 aliphatic heterocycles. The van der Waals surface area contributed by atoms with E-state index in [1.54, 1.807) is 4.90 Å². The van der Waals surface area contributed by atoms with Crippen molar-refractivity contribution in [3.63, 3.8) is 0 Å². The van der Waals surface area contributed by atoms with Gasteiger partial charge in [0.15, 0.2) is 0 Å². The average Bonchev–Trinajstić information content (AvgIpc) is 2.31. The zero-order valence-corrected chi connectivity index (χ0v) is 9.77. The van der Waals surface area contributed by atoms with Gasteiger partial charge in [0.25, 0.3) is 0 Å². The molecular formula is C11H22N2O3. The monoisotopic (exact) mass is 230 g/mol. The topological polar surface area (TPSA) is 64.0 Å². The summed E-state index contributed by atoms with van der Waals surface area (Å²) in [5.41, 5.74) is 0. The molecule has 0 saturated carbocycles. The molecule has 1 amide bonds. The molecule has 0 aromatic carbocycles. The molecule has 1 fully saturated rings. The van der Waals surface area contributed by atoms with Gasteiger partial charge in [-0.1, -0.05) is 0 Å². The Morgan fingerprint density at radius 1 is 1.06 bits per heavy atom. The van der Waals surface area contributed by atoms with E-state index >= 15 is 0 Å². The highest BCUT2D eigenvalue weighted by Gasteiger charge is 2.18. The third-order valence-corrected chi connectivity index (χ3v) is 2.90. The second-order valence-corrected chi connectivity index (χ2v) is 4.16. The number of piperidine rings is 1. The van der Waals surface area contributed by atoms with Crippen molar-refractivity contribution < 1.29 is 15.0 Å². The summed E-state index contributed by atoms with van der Waals surface area (Å²) in [6.07, 6.45) is 3.39. The third kappa shape index (κ3) is 4.47. The number of hydrogen-bond donors (Lipinski definition) is 2. The summed E-state index contributed by atoms with van der Waals surface area (Å²) in [6.45, 7) is 2.94. The zero-order valence-electron chi connectivity index (χ0n) is 9.77. The van der Waals surface area contributed by atoms with Gasteiger partial charge in [-0.25, -0.2) is 0 Å². The lowest BCUT2D eigenvalue weighted by molar-refractivity contribution is -0.133. The molecule has 2 N–H and O–H groups in total. The van der Waals surface area contributed by atoms with Crippen molar-refractivity contribution in [1.29, 1.82) is 0 Å². The molecule has 1 heterocycles. The van der Waals surface area contributed by atoms with E-state index in [0.29, 0.717) is 19.6 Å². The van der Waals surface area contributed by atoms with Crippen LogP contribution in [0.4, 0.5) is 0 Å². The van der Waals surface area contributed by atoms with Gasteiger partial charge in [-0.15, -0.1) is 0 Å². The van der Waals surface area contributed by atoms with E-state index in [0.717, 1.165) is 25.9 Å². The summed E-state index contributed by atoms with van der Waals surface area (Å²) in [6, 6.07) is 0. The van der Waals surface area contributed by atoms with Crippen LogP contribution < -0.4 is 0 Å². The molecule has 0 spiro atoms. The van der Waals surface area contributed by atoms with Crippen LogP contribution in [-0.2, 0) is 4.79 Å². The van der Waals surface area contributed by atoms with Crippen molar-refractivity contribution in [3.8, 4) is 0 Å². The Morgan fingerprint density at radius 2 is 1.62 bits per heavy atom. The van der Waals surface area contributed by atoms with Gasteiger partial charge in [-0.3, -0.25) is 9.69 Å². The lowest BCUT2D eigenvalue weighted by Crippen LogP contribution is -2.44. The summed E-state index contributed by atoms with van der Waals surface area (Å²) in [7, 11) is 0. The second-order valence-electron chi connectivity index (χ2n) is 4.16. The predicted octanol–water partition coefficient (Wildman–Crippen LogP) is -0.714. The van der Waals surface area contributed by atoms with Gasteiger partial charge in [0.2, 0.25) is 5.91 Å². The minimum absolute atomic E-state index is 0.0211. The summed E-state index contributed by atoms with van der Waals surface area (Å²) < 4.78 is 0. The van der Waals surface area contributed by atoms with E-state index in [2.05, 4.69) is 0 Å². The van der Waals surface area contributed by atoms with Crippen LogP contribution >= 0.6 is 0 Å².